The molecule has 0 fully saturated rings. The Morgan fingerprint density at radius 1 is 0.889 bits per heavy atom. The summed E-state index contributed by atoms with van der Waals surface area (Å²) >= 11 is 0. The predicted octanol–water partition coefficient (Wildman–Crippen LogP) is 2.92. The number of nitrogens with two attached hydrogens (primary N) is 1. The van der Waals surface area contributed by atoms with Crippen LogP contribution in [0.15, 0.2) is 48.6 Å². The van der Waals surface area contributed by atoms with E-state index in [1.165, 1.54) is 38.5 Å². The topological polar surface area (TPSA) is 134 Å². The maximum atomic E-state index is 12.7. The van der Waals surface area contributed by atoms with Crippen LogP contribution in [-0.2, 0) is 9.59 Å². The van der Waals surface area contributed by atoms with Crippen molar-refractivity contribution < 1.29 is 29.3 Å². The molecule has 0 radical (unpaired) electrons. The van der Waals surface area contributed by atoms with Gasteiger partial charge in [0.05, 0.1) is 14.2 Å². The number of amides is 2. The van der Waals surface area contributed by atoms with E-state index in [-0.39, 0.29) is 23.3 Å². The smallest absolute Gasteiger partial charge is 0.246 e. The average molecular weight is 498 g/mol. The van der Waals surface area contributed by atoms with Crippen molar-refractivity contribution in [1.29, 1.82) is 0 Å². The number of carbonyl (C=O) groups is 2. The van der Waals surface area contributed by atoms with Gasteiger partial charge in [-0.15, -0.1) is 0 Å². The molecule has 2 aromatic carbocycles. The number of hydrogen-bond acceptors (Lipinski definition) is 7. The number of phenols is 2. The van der Waals surface area contributed by atoms with Crippen LogP contribution in [0.3, 0.4) is 0 Å². The highest BCUT2D eigenvalue weighted by molar-refractivity contribution is 5.92. The van der Waals surface area contributed by atoms with E-state index in [0.717, 1.165) is 17.5 Å². The van der Waals surface area contributed by atoms with Gasteiger partial charge >= 0.3 is 0 Å². The molecule has 0 saturated heterocycles. The van der Waals surface area contributed by atoms with E-state index in [0.29, 0.717) is 50.5 Å². The maximum absolute atomic E-state index is 12.7. The van der Waals surface area contributed by atoms with Gasteiger partial charge in [-0.2, -0.15) is 0 Å². The quantitative estimate of drug-likeness (QED) is 0.233. The molecule has 2 rings (SSSR count). The lowest BCUT2D eigenvalue weighted by Crippen LogP contribution is -2.33. The molecule has 0 aliphatic rings. The first kappa shape index (κ1) is 28.3. The molecule has 9 nitrogen and oxygen atoms in total. The van der Waals surface area contributed by atoms with Crippen LogP contribution in [0.25, 0.3) is 12.2 Å². The molecule has 0 aromatic heterocycles. The summed E-state index contributed by atoms with van der Waals surface area (Å²) in [6, 6.07) is 9.69. The molecule has 0 atom stereocenters. The number of nitrogens with zero attached hydrogens (tertiary/aromatic N) is 1. The number of hydrogen-bond donors (Lipinski definition) is 4. The van der Waals surface area contributed by atoms with Crippen LogP contribution in [0.1, 0.15) is 30.4 Å². The summed E-state index contributed by atoms with van der Waals surface area (Å²) in [4.78, 5) is 26.5. The molecule has 0 heterocycles. The number of ether oxygens (including phenoxy) is 2. The minimum absolute atomic E-state index is 0.0358. The number of aromatic hydroxyl groups is 2. The third-order valence-electron chi connectivity index (χ3n) is 5.35. The second-order valence-electron chi connectivity index (χ2n) is 7.99. The van der Waals surface area contributed by atoms with Crippen LogP contribution < -0.4 is 20.5 Å². The maximum Gasteiger partial charge on any atom is 0.246 e. The lowest BCUT2D eigenvalue weighted by atomic mass is 10.2. The second kappa shape index (κ2) is 15.1. The van der Waals surface area contributed by atoms with Crippen molar-refractivity contribution in [2.45, 2.75) is 19.3 Å². The van der Waals surface area contributed by atoms with Gasteiger partial charge in [0.2, 0.25) is 11.8 Å². The Morgan fingerprint density at radius 3 is 2.00 bits per heavy atom. The third kappa shape index (κ3) is 9.34. The minimum Gasteiger partial charge on any atom is -0.504 e. The van der Waals surface area contributed by atoms with E-state index in [2.05, 4.69) is 5.32 Å². The fourth-order valence-electron chi connectivity index (χ4n) is 3.35. The van der Waals surface area contributed by atoms with Crippen molar-refractivity contribution in [3.05, 3.63) is 59.7 Å². The molecule has 0 spiro atoms. The zero-order valence-electron chi connectivity index (χ0n) is 20.8. The van der Waals surface area contributed by atoms with Crippen LogP contribution in [0.4, 0.5) is 0 Å². The molecule has 0 bridgehead atoms. The second-order valence-corrected chi connectivity index (χ2v) is 7.99. The molecule has 36 heavy (non-hydrogen) atoms. The van der Waals surface area contributed by atoms with Crippen LogP contribution in [-0.4, -0.2) is 67.3 Å². The van der Waals surface area contributed by atoms with Crippen LogP contribution in [0, 0.1) is 0 Å². The van der Waals surface area contributed by atoms with Gasteiger partial charge < -0.3 is 35.6 Å². The van der Waals surface area contributed by atoms with Gasteiger partial charge in [-0.25, -0.2) is 0 Å². The Morgan fingerprint density at radius 2 is 1.44 bits per heavy atom. The van der Waals surface area contributed by atoms with Gasteiger partial charge in [0, 0.05) is 31.8 Å². The Balaban J connectivity index is 1.80. The number of phenolic OH excluding ortho intramolecular Hbond substituents is 2. The van der Waals surface area contributed by atoms with Crippen molar-refractivity contribution in [1.82, 2.24) is 10.2 Å². The SMILES string of the molecule is COc1cc(C=CC(=O)NCCCCN(CCCN)C(=O)C=Cc2ccc(O)c(OC)c2)ccc1O. The van der Waals surface area contributed by atoms with Crippen molar-refractivity contribution in [2.24, 2.45) is 5.73 Å². The molecule has 2 aromatic rings. The first-order valence-corrected chi connectivity index (χ1v) is 11.7. The molecule has 0 aliphatic carbocycles. The van der Waals surface area contributed by atoms with Crippen molar-refractivity contribution in [3.63, 3.8) is 0 Å². The molecule has 2 amide bonds. The largest absolute Gasteiger partial charge is 0.504 e. The van der Waals surface area contributed by atoms with Crippen LogP contribution in [0.2, 0.25) is 0 Å². The van der Waals surface area contributed by atoms with E-state index in [1.807, 2.05) is 0 Å². The highest BCUT2D eigenvalue weighted by Gasteiger charge is 2.10. The summed E-state index contributed by atoms with van der Waals surface area (Å²) in [6.45, 7) is 2.05. The van der Waals surface area contributed by atoms with Crippen molar-refractivity contribution >= 4 is 24.0 Å². The lowest BCUT2D eigenvalue weighted by Gasteiger charge is -2.21. The van der Waals surface area contributed by atoms with Gasteiger partial charge in [0.25, 0.3) is 0 Å². The van der Waals surface area contributed by atoms with E-state index >= 15 is 0 Å². The monoisotopic (exact) mass is 497 g/mol. The Kier molecular flexibility index (Phi) is 11.9. The predicted molar refractivity (Wildman–Crippen MR) is 140 cm³/mol. The number of unbranched alkanes of at least 4 members (excludes halogenated alkanes) is 1. The molecule has 0 aliphatic heterocycles. The summed E-state index contributed by atoms with van der Waals surface area (Å²) < 4.78 is 10.2. The van der Waals surface area contributed by atoms with Gasteiger partial charge in [0.15, 0.2) is 23.0 Å². The Hall–Kier alpha value is -3.98. The fourth-order valence-corrected chi connectivity index (χ4v) is 3.35. The number of nitrogens with one attached hydrogen (secondary N) is 1. The van der Waals surface area contributed by atoms with Crippen LogP contribution >= 0.6 is 0 Å². The van der Waals surface area contributed by atoms with Gasteiger partial charge in [-0.1, -0.05) is 12.1 Å². The first-order chi connectivity index (χ1) is 17.4. The summed E-state index contributed by atoms with van der Waals surface area (Å²) in [7, 11) is 2.93. The number of benzene rings is 2. The third-order valence-corrected chi connectivity index (χ3v) is 5.35. The first-order valence-electron chi connectivity index (χ1n) is 11.7. The minimum atomic E-state index is -0.231. The highest BCUT2D eigenvalue weighted by atomic mass is 16.5. The fraction of sp³-hybridized carbons (Fsp3) is 0.333. The Labute approximate surface area is 211 Å². The lowest BCUT2D eigenvalue weighted by molar-refractivity contribution is -0.126. The summed E-state index contributed by atoms with van der Waals surface area (Å²) in [6.07, 6.45) is 8.35. The van der Waals surface area contributed by atoms with E-state index in [4.69, 9.17) is 15.2 Å². The van der Waals surface area contributed by atoms with Gasteiger partial charge in [-0.05, 0) is 73.4 Å². The number of methoxy groups -OCH3 is 2. The van der Waals surface area contributed by atoms with Gasteiger partial charge in [0.1, 0.15) is 0 Å². The summed E-state index contributed by atoms with van der Waals surface area (Å²) in [5.74, 6) is 0.383. The molecule has 0 unspecified atom stereocenters. The molecular weight excluding hydrogens is 462 g/mol. The molecule has 9 heteroatoms. The van der Waals surface area contributed by atoms with E-state index in [1.54, 1.807) is 41.3 Å². The van der Waals surface area contributed by atoms with Crippen LogP contribution in [0.5, 0.6) is 23.0 Å². The van der Waals surface area contributed by atoms with Gasteiger partial charge in [-0.3, -0.25) is 9.59 Å². The van der Waals surface area contributed by atoms with Crippen molar-refractivity contribution in [2.75, 3.05) is 40.4 Å². The van der Waals surface area contributed by atoms with E-state index < -0.39 is 0 Å². The average Bonchev–Trinajstić information content (AvgIpc) is 2.89. The highest BCUT2D eigenvalue weighted by Crippen LogP contribution is 2.27. The van der Waals surface area contributed by atoms with E-state index in [9.17, 15) is 19.8 Å². The summed E-state index contributed by atoms with van der Waals surface area (Å²) in [5, 5.41) is 22.2. The molecule has 5 N–H and O–H groups in total. The standard InChI is InChI=1S/C27H35N3O6/c1-35-24-18-20(6-10-22(24)31)8-12-26(33)29-15-3-4-16-30(17-5-14-28)27(34)13-9-21-7-11-23(32)25(19-21)36-2/h6-13,18-19,31-32H,3-5,14-17,28H2,1-2H3,(H,29,33). The molecular formula is C27H35N3O6. The number of carbonyl (C=O) groups excluding carboxylic acids is 2. The molecule has 194 valence electrons. The summed E-state index contributed by atoms with van der Waals surface area (Å²) in [5.41, 5.74) is 7.09. The Bertz CT molecular complexity index is 1070. The number of rotatable bonds is 14. The molecule has 0 saturated carbocycles. The zero-order valence-corrected chi connectivity index (χ0v) is 20.8. The van der Waals surface area contributed by atoms with Crippen molar-refractivity contribution in [3.8, 4) is 23.0 Å². The zero-order chi connectivity index (χ0) is 26.3. The normalized spacial score (nSPS) is 11.1.